The zero-order valence-corrected chi connectivity index (χ0v) is 9.48. The lowest BCUT2D eigenvalue weighted by molar-refractivity contribution is -0.384. The van der Waals surface area contributed by atoms with E-state index >= 15 is 0 Å². The van der Waals surface area contributed by atoms with E-state index in [1.54, 1.807) is 6.07 Å². The molecule has 0 bridgehead atoms. The first-order valence-electron chi connectivity index (χ1n) is 4.99. The molecule has 0 aromatic heterocycles. The van der Waals surface area contributed by atoms with Gasteiger partial charge in [0, 0.05) is 18.0 Å². The molecule has 1 aromatic rings. The summed E-state index contributed by atoms with van der Waals surface area (Å²) in [4.78, 5) is 20.8. The number of halogens is 1. The maximum absolute atomic E-state index is 10.7. The predicted octanol–water partition coefficient (Wildman–Crippen LogP) is 1.77. The maximum Gasteiger partial charge on any atom is 0.312 e. The molecule has 0 saturated heterocycles. The van der Waals surface area contributed by atoms with Gasteiger partial charge in [0.15, 0.2) is 0 Å². The van der Waals surface area contributed by atoms with Crippen LogP contribution in [0.2, 0.25) is 5.02 Å². The Morgan fingerprint density at radius 3 is 2.88 bits per heavy atom. The van der Waals surface area contributed by atoms with Crippen LogP contribution in [0.1, 0.15) is 17.9 Å². The first kappa shape index (κ1) is 11.7. The minimum Gasteiger partial charge on any atom is -0.352 e. The van der Waals surface area contributed by atoms with Gasteiger partial charge >= 0.3 is 6.03 Å². The third-order valence-electron chi connectivity index (χ3n) is 2.71. The minimum atomic E-state index is -0.582. The highest BCUT2D eigenvalue weighted by atomic mass is 35.5. The van der Waals surface area contributed by atoms with E-state index in [1.807, 2.05) is 0 Å². The molecule has 2 rings (SSSR count). The fraction of sp³-hybridized carbons (Fsp3) is 0.300. The molecule has 1 aliphatic carbocycles. The van der Waals surface area contributed by atoms with Gasteiger partial charge in [-0.1, -0.05) is 17.7 Å². The molecule has 7 heteroatoms. The van der Waals surface area contributed by atoms with Gasteiger partial charge in [0.2, 0.25) is 0 Å². The molecule has 2 amide bonds. The number of urea groups is 1. The molecular weight excluding hydrogens is 246 g/mol. The summed E-state index contributed by atoms with van der Waals surface area (Å²) < 4.78 is 0. The van der Waals surface area contributed by atoms with Crippen molar-refractivity contribution >= 4 is 23.3 Å². The number of nitro groups is 1. The standard InChI is InChI=1S/C10H10ClN3O3/c11-7-2-1-5(3-9(7)14(16)17)6-4-8(6)13-10(12)15/h1-3,6,8H,4H2,(H3,12,13,15). The largest absolute Gasteiger partial charge is 0.352 e. The average Bonchev–Trinajstić information content (AvgIpc) is 2.96. The molecule has 0 heterocycles. The SMILES string of the molecule is NC(=O)NC1CC1c1ccc(Cl)c([N+](=O)[O-])c1. The van der Waals surface area contributed by atoms with E-state index in [0.717, 1.165) is 12.0 Å². The number of carbonyl (C=O) groups is 1. The maximum atomic E-state index is 10.7. The number of hydrogen-bond donors (Lipinski definition) is 2. The third-order valence-corrected chi connectivity index (χ3v) is 3.03. The molecule has 3 N–H and O–H groups in total. The Morgan fingerprint density at radius 2 is 2.29 bits per heavy atom. The summed E-state index contributed by atoms with van der Waals surface area (Å²) in [5.41, 5.74) is 5.67. The number of nitrogens with one attached hydrogen (secondary N) is 1. The Balaban J connectivity index is 2.16. The van der Waals surface area contributed by atoms with Crippen molar-refractivity contribution in [2.24, 2.45) is 5.73 Å². The van der Waals surface area contributed by atoms with Crippen LogP contribution in [0.15, 0.2) is 18.2 Å². The van der Waals surface area contributed by atoms with Crippen molar-refractivity contribution in [3.63, 3.8) is 0 Å². The van der Waals surface area contributed by atoms with Crippen molar-refractivity contribution in [3.8, 4) is 0 Å². The summed E-state index contributed by atoms with van der Waals surface area (Å²) in [5.74, 6) is 0.0819. The van der Waals surface area contributed by atoms with E-state index in [-0.39, 0.29) is 22.7 Å². The Hall–Kier alpha value is -1.82. The molecule has 1 saturated carbocycles. The van der Waals surface area contributed by atoms with Crippen molar-refractivity contribution in [3.05, 3.63) is 38.9 Å². The number of nitrogens with two attached hydrogens (primary N) is 1. The number of primary amides is 1. The quantitative estimate of drug-likeness (QED) is 0.636. The fourth-order valence-corrected chi connectivity index (χ4v) is 1.99. The van der Waals surface area contributed by atoms with Gasteiger partial charge in [-0.25, -0.2) is 4.79 Å². The summed E-state index contributed by atoms with van der Waals surface area (Å²) in [7, 11) is 0. The molecule has 1 aliphatic rings. The Morgan fingerprint density at radius 1 is 1.59 bits per heavy atom. The lowest BCUT2D eigenvalue weighted by Crippen LogP contribution is -2.31. The molecular formula is C10H10ClN3O3. The average molecular weight is 256 g/mol. The molecule has 1 aromatic carbocycles. The zero-order chi connectivity index (χ0) is 12.6. The van der Waals surface area contributed by atoms with E-state index < -0.39 is 11.0 Å². The minimum absolute atomic E-state index is 0.0340. The number of hydrogen-bond acceptors (Lipinski definition) is 3. The third kappa shape index (κ3) is 2.47. The van der Waals surface area contributed by atoms with Gasteiger partial charge in [0.1, 0.15) is 5.02 Å². The van der Waals surface area contributed by atoms with E-state index in [0.29, 0.717) is 0 Å². The first-order chi connectivity index (χ1) is 7.99. The summed E-state index contributed by atoms with van der Waals surface area (Å²) in [5, 5.41) is 13.4. The van der Waals surface area contributed by atoms with Crippen LogP contribution < -0.4 is 11.1 Å². The highest BCUT2D eigenvalue weighted by molar-refractivity contribution is 6.32. The Kier molecular flexibility index (Phi) is 2.89. The molecule has 1 fully saturated rings. The van der Waals surface area contributed by atoms with E-state index in [9.17, 15) is 14.9 Å². The number of rotatable bonds is 3. The van der Waals surface area contributed by atoms with Crippen LogP contribution in [0.5, 0.6) is 0 Å². The lowest BCUT2D eigenvalue weighted by atomic mass is 10.1. The highest BCUT2D eigenvalue weighted by Gasteiger charge is 2.39. The topological polar surface area (TPSA) is 98.3 Å². The van der Waals surface area contributed by atoms with Crippen molar-refractivity contribution in [1.29, 1.82) is 0 Å². The Labute approximate surface area is 102 Å². The van der Waals surface area contributed by atoms with Gasteiger partial charge in [-0.3, -0.25) is 10.1 Å². The molecule has 0 aliphatic heterocycles. The van der Waals surface area contributed by atoms with Gasteiger partial charge in [0.05, 0.1) is 4.92 Å². The van der Waals surface area contributed by atoms with Crippen LogP contribution in [0, 0.1) is 10.1 Å². The normalized spacial score (nSPS) is 21.9. The molecule has 0 spiro atoms. The van der Waals surface area contributed by atoms with Crippen molar-refractivity contribution in [1.82, 2.24) is 5.32 Å². The molecule has 0 radical (unpaired) electrons. The van der Waals surface area contributed by atoms with Crippen LogP contribution >= 0.6 is 11.6 Å². The number of amides is 2. The van der Waals surface area contributed by atoms with Gasteiger partial charge in [-0.2, -0.15) is 0 Å². The lowest BCUT2D eigenvalue weighted by Gasteiger charge is -2.02. The smallest absolute Gasteiger partial charge is 0.312 e. The summed E-state index contributed by atoms with van der Waals surface area (Å²) in [6.07, 6.45) is 0.738. The number of nitro benzene ring substituents is 1. The van der Waals surface area contributed by atoms with Crippen LogP contribution in [-0.4, -0.2) is 17.0 Å². The second-order valence-electron chi connectivity index (χ2n) is 3.93. The number of carbonyl (C=O) groups excluding carboxylic acids is 1. The first-order valence-corrected chi connectivity index (χ1v) is 5.36. The predicted molar refractivity (Wildman–Crippen MR) is 62.0 cm³/mol. The van der Waals surface area contributed by atoms with Gasteiger partial charge in [-0.15, -0.1) is 0 Å². The van der Waals surface area contributed by atoms with E-state index in [4.69, 9.17) is 17.3 Å². The molecule has 2 atom stereocenters. The van der Waals surface area contributed by atoms with Gasteiger partial charge < -0.3 is 11.1 Å². The number of benzene rings is 1. The van der Waals surface area contributed by atoms with E-state index in [2.05, 4.69) is 5.32 Å². The molecule has 6 nitrogen and oxygen atoms in total. The van der Waals surface area contributed by atoms with Crippen LogP contribution in [0.3, 0.4) is 0 Å². The van der Waals surface area contributed by atoms with Gasteiger partial charge in [-0.05, 0) is 18.1 Å². The molecule has 17 heavy (non-hydrogen) atoms. The van der Waals surface area contributed by atoms with Crippen LogP contribution in [0.4, 0.5) is 10.5 Å². The van der Waals surface area contributed by atoms with Crippen LogP contribution in [-0.2, 0) is 0 Å². The fourth-order valence-electron chi connectivity index (χ4n) is 1.81. The van der Waals surface area contributed by atoms with Crippen molar-refractivity contribution in [2.45, 2.75) is 18.4 Å². The van der Waals surface area contributed by atoms with Crippen LogP contribution in [0.25, 0.3) is 0 Å². The van der Waals surface area contributed by atoms with E-state index in [1.165, 1.54) is 12.1 Å². The zero-order valence-electron chi connectivity index (χ0n) is 8.72. The summed E-state index contributed by atoms with van der Waals surface area (Å²) in [6, 6.07) is 4.04. The molecule has 90 valence electrons. The highest BCUT2D eigenvalue weighted by Crippen LogP contribution is 2.42. The number of nitrogens with zero attached hydrogens (tertiary/aromatic N) is 1. The molecule has 2 unspecified atom stereocenters. The second kappa shape index (κ2) is 4.21. The van der Waals surface area contributed by atoms with Crippen molar-refractivity contribution < 1.29 is 9.72 Å². The summed E-state index contributed by atoms with van der Waals surface area (Å²) in [6.45, 7) is 0. The Bertz CT molecular complexity index is 492. The summed E-state index contributed by atoms with van der Waals surface area (Å²) >= 11 is 5.71. The van der Waals surface area contributed by atoms with Gasteiger partial charge in [0.25, 0.3) is 5.69 Å². The second-order valence-corrected chi connectivity index (χ2v) is 4.33. The van der Waals surface area contributed by atoms with Crippen molar-refractivity contribution in [2.75, 3.05) is 0 Å². The monoisotopic (exact) mass is 255 g/mol.